The van der Waals surface area contributed by atoms with Crippen molar-refractivity contribution in [3.05, 3.63) is 0 Å². The zero-order valence-corrected chi connectivity index (χ0v) is 11.0. The number of nitrogens with zero attached hydrogens (tertiary/aromatic N) is 5. The molecule has 1 amide bonds. The number of hydrogen-bond donors (Lipinski definition) is 0. The van der Waals surface area contributed by atoms with Crippen molar-refractivity contribution in [2.45, 2.75) is 24.3 Å². The van der Waals surface area contributed by atoms with Crippen LogP contribution in [0.15, 0.2) is 5.16 Å². The van der Waals surface area contributed by atoms with Crippen molar-refractivity contribution in [2.24, 2.45) is 13.0 Å². The van der Waals surface area contributed by atoms with Crippen LogP contribution >= 0.6 is 11.8 Å². The standard InChI is InChI=1S/C9H17N5OS/c1-6(2)7(8(15)13(3)4)16-9-10-11-12-14(9)5/h6-7H,1-5H3/t7-/m0/s1. The molecule has 1 aromatic rings. The van der Waals surface area contributed by atoms with Gasteiger partial charge in [0.25, 0.3) is 0 Å². The second kappa shape index (κ2) is 5.29. The molecule has 1 heterocycles. The summed E-state index contributed by atoms with van der Waals surface area (Å²) in [4.78, 5) is 13.5. The fourth-order valence-electron chi connectivity index (χ4n) is 1.16. The highest BCUT2D eigenvalue weighted by Crippen LogP contribution is 2.26. The molecular weight excluding hydrogens is 226 g/mol. The monoisotopic (exact) mass is 243 g/mol. The molecule has 16 heavy (non-hydrogen) atoms. The quantitative estimate of drug-likeness (QED) is 0.717. The molecular formula is C9H17N5OS. The van der Waals surface area contributed by atoms with Gasteiger partial charge >= 0.3 is 0 Å². The minimum Gasteiger partial charge on any atom is -0.348 e. The fourth-order valence-corrected chi connectivity index (χ4v) is 2.24. The van der Waals surface area contributed by atoms with Gasteiger partial charge in [-0.05, 0) is 16.3 Å². The van der Waals surface area contributed by atoms with E-state index in [1.807, 2.05) is 13.8 Å². The maximum atomic E-state index is 11.9. The normalized spacial score (nSPS) is 12.9. The van der Waals surface area contributed by atoms with Crippen LogP contribution in [0.1, 0.15) is 13.8 Å². The number of hydrogen-bond acceptors (Lipinski definition) is 5. The third kappa shape index (κ3) is 2.94. The Morgan fingerprint density at radius 1 is 1.44 bits per heavy atom. The van der Waals surface area contributed by atoms with Crippen molar-refractivity contribution < 1.29 is 4.79 Å². The van der Waals surface area contributed by atoms with Crippen LogP contribution in [0.3, 0.4) is 0 Å². The van der Waals surface area contributed by atoms with Crippen molar-refractivity contribution in [1.29, 1.82) is 0 Å². The molecule has 0 unspecified atom stereocenters. The van der Waals surface area contributed by atoms with Crippen LogP contribution in [-0.4, -0.2) is 50.4 Å². The minimum atomic E-state index is -0.153. The van der Waals surface area contributed by atoms with E-state index in [-0.39, 0.29) is 17.1 Å². The Hall–Kier alpha value is -1.11. The second-order valence-electron chi connectivity index (χ2n) is 4.10. The molecule has 1 rings (SSSR count). The Balaban J connectivity index is 2.81. The first kappa shape index (κ1) is 13.0. The van der Waals surface area contributed by atoms with Gasteiger partial charge in [-0.25, -0.2) is 4.68 Å². The van der Waals surface area contributed by atoms with Gasteiger partial charge in [-0.1, -0.05) is 25.6 Å². The average Bonchev–Trinajstić information content (AvgIpc) is 2.59. The van der Waals surface area contributed by atoms with Crippen LogP contribution in [0.25, 0.3) is 0 Å². The highest BCUT2D eigenvalue weighted by atomic mass is 32.2. The Morgan fingerprint density at radius 2 is 2.06 bits per heavy atom. The molecule has 0 aromatic carbocycles. The molecule has 0 aliphatic carbocycles. The number of carbonyl (C=O) groups is 1. The Labute approximate surface area is 99.4 Å². The van der Waals surface area contributed by atoms with E-state index in [1.54, 1.807) is 30.7 Å². The maximum absolute atomic E-state index is 11.9. The molecule has 0 bridgehead atoms. The van der Waals surface area contributed by atoms with Crippen molar-refractivity contribution in [1.82, 2.24) is 25.1 Å². The molecule has 0 aliphatic rings. The minimum absolute atomic E-state index is 0.0861. The summed E-state index contributed by atoms with van der Waals surface area (Å²) in [6.07, 6.45) is 0. The molecule has 7 heteroatoms. The SMILES string of the molecule is CC(C)[C@H](Sc1nnnn1C)C(=O)N(C)C. The number of amides is 1. The maximum Gasteiger partial charge on any atom is 0.235 e. The molecule has 0 spiro atoms. The third-order valence-electron chi connectivity index (χ3n) is 2.10. The molecule has 0 N–H and O–H groups in total. The zero-order valence-electron chi connectivity index (χ0n) is 10.2. The van der Waals surface area contributed by atoms with Crippen molar-refractivity contribution in [2.75, 3.05) is 14.1 Å². The van der Waals surface area contributed by atoms with Crippen LogP contribution in [0.2, 0.25) is 0 Å². The van der Waals surface area contributed by atoms with E-state index >= 15 is 0 Å². The largest absolute Gasteiger partial charge is 0.348 e. The molecule has 0 radical (unpaired) electrons. The first-order chi connectivity index (χ1) is 7.43. The van der Waals surface area contributed by atoms with Crippen LogP contribution in [0.5, 0.6) is 0 Å². The topological polar surface area (TPSA) is 63.9 Å². The summed E-state index contributed by atoms with van der Waals surface area (Å²) in [7, 11) is 5.28. The van der Waals surface area contributed by atoms with Gasteiger partial charge in [0.15, 0.2) is 0 Å². The molecule has 0 saturated heterocycles. The number of tetrazole rings is 1. The molecule has 6 nitrogen and oxygen atoms in total. The highest BCUT2D eigenvalue weighted by Gasteiger charge is 2.26. The summed E-state index contributed by atoms with van der Waals surface area (Å²) in [6, 6.07) is 0. The lowest BCUT2D eigenvalue weighted by Crippen LogP contribution is -2.35. The lowest BCUT2D eigenvalue weighted by Gasteiger charge is -2.22. The lowest BCUT2D eigenvalue weighted by molar-refractivity contribution is -0.128. The Bertz CT molecular complexity index is 363. The second-order valence-corrected chi connectivity index (χ2v) is 5.21. The van der Waals surface area contributed by atoms with E-state index in [4.69, 9.17) is 0 Å². The first-order valence-electron chi connectivity index (χ1n) is 5.03. The molecule has 0 aliphatic heterocycles. The van der Waals surface area contributed by atoms with Gasteiger partial charge in [-0.2, -0.15) is 0 Å². The molecule has 0 saturated carbocycles. The number of rotatable bonds is 4. The summed E-state index contributed by atoms with van der Waals surface area (Å²) in [6.45, 7) is 4.03. The van der Waals surface area contributed by atoms with Gasteiger partial charge in [0.2, 0.25) is 11.1 Å². The summed E-state index contributed by atoms with van der Waals surface area (Å²) in [5, 5.41) is 11.7. The predicted molar refractivity (Wildman–Crippen MR) is 62.0 cm³/mol. The summed E-state index contributed by atoms with van der Waals surface area (Å²) < 4.78 is 1.57. The summed E-state index contributed by atoms with van der Waals surface area (Å²) in [5.41, 5.74) is 0. The number of carbonyl (C=O) groups excluding carboxylic acids is 1. The summed E-state index contributed by atoms with van der Waals surface area (Å²) >= 11 is 1.40. The van der Waals surface area contributed by atoms with Gasteiger partial charge in [0.05, 0.1) is 5.25 Å². The van der Waals surface area contributed by atoms with Crippen LogP contribution in [-0.2, 0) is 11.8 Å². The lowest BCUT2D eigenvalue weighted by atomic mass is 10.1. The van der Waals surface area contributed by atoms with E-state index in [9.17, 15) is 4.79 Å². The first-order valence-corrected chi connectivity index (χ1v) is 5.91. The fraction of sp³-hybridized carbons (Fsp3) is 0.778. The predicted octanol–water partition coefficient (Wildman–Crippen LogP) is 0.415. The van der Waals surface area contributed by atoms with Crippen molar-refractivity contribution in [3.63, 3.8) is 0 Å². The van der Waals surface area contributed by atoms with Gasteiger partial charge in [0, 0.05) is 21.1 Å². The van der Waals surface area contributed by atoms with E-state index in [1.165, 1.54) is 11.8 Å². The van der Waals surface area contributed by atoms with Crippen LogP contribution in [0, 0.1) is 5.92 Å². The molecule has 1 atom stereocenters. The van der Waals surface area contributed by atoms with Crippen LogP contribution in [0.4, 0.5) is 0 Å². The molecule has 90 valence electrons. The smallest absolute Gasteiger partial charge is 0.235 e. The van der Waals surface area contributed by atoms with Gasteiger partial charge in [-0.15, -0.1) is 5.10 Å². The summed E-state index contributed by atoms with van der Waals surface area (Å²) in [5.74, 6) is 0.319. The molecule has 1 aromatic heterocycles. The highest BCUT2D eigenvalue weighted by molar-refractivity contribution is 8.00. The van der Waals surface area contributed by atoms with E-state index in [2.05, 4.69) is 15.5 Å². The van der Waals surface area contributed by atoms with E-state index in [0.717, 1.165) is 0 Å². The zero-order chi connectivity index (χ0) is 12.3. The van der Waals surface area contributed by atoms with Crippen molar-refractivity contribution in [3.8, 4) is 0 Å². The van der Waals surface area contributed by atoms with E-state index < -0.39 is 0 Å². The number of aromatic nitrogens is 4. The van der Waals surface area contributed by atoms with Crippen molar-refractivity contribution >= 4 is 17.7 Å². The number of thioether (sulfide) groups is 1. The van der Waals surface area contributed by atoms with Gasteiger partial charge < -0.3 is 4.90 Å². The molecule has 0 fully saturated rings. The Kier molecular flexibility index (Phi) is 4.28. The Morgan fingerprint density at radius 3 is 2.44 bits per heavy atom. The van der Waals surface area contributed by atoms with Gasteiger partial charge in [-0.3, -0.25) is 4.79 Å². The van der Waals surface area contributed by atoms with Crippen LogP contribution < -0.4 is 0 Å². The third-order valence-corrected chi connectivity index (χ3v) is 3.66. The number of aryl methyl sites for hydroxylation is 1. The van der Waals surface area contributed by atoms with Gasteiger partial charge in [0.1, 0.15) is 0 Å². The average molecular weight is 243 g/mol. The van der Waals surface area contributed by atoms with E-state index in [0.29, 0.717) is 5.16 Å².